The van der Waals surface area contributed by atoms with Crippen molar-refractivity contribution in [2.75, 3.05) is 19.8 Å². The highest BCUT2D eigenvalue weighted by Crippen LogP contribution is 2.48. The molecular formula is C72H75F8NO17S2. The van der Waals surface area contributed by atoms with Gasteiger partial charge in [-0.2, -0.15) is 43.2 Å². The summed E-state index contributed by atoms with van der Waals surface area (Å²) in [4.78, 5) is 53.8. The van der Waals surface area contributed by atoms with Crippen molar-refractivity contribution in [3.63, 3.8) is 0 Å². The third kappa shape index (κ3) is 18.0. The summed E-state index contributed by atoms with van der Waals surface area (Å²) in [5.41, 5.74) is -8.93. The number of aldehydes is 1. The lowest BCUT2D eigenvalue weighted by molar-refractivity contribution is -0.167. The summed E-state index contributed by atoms with van der Waals surface area (Å²) in [6.45, 7) is 27.1. The first-order valence-electron chi connectivity index (χ1n) is 31.0. The molecule has 28 heteroatoms. The fourth-order valence-electron chi connectivity index (χ4n) is 11.1. The van der Waals surface area contributed by atoms with Crippen LogP contribution in [0.15, 0.2) is 104 Å². The number of alkyl halides is 8. The average Bonchev–Trinajstić information content (AvgIpc) is 0.744. The molecule has 1 aliphatic rings. The van der Waals surface area contributed by atoms with Crippen molar-refractivity contribution in [3.05, 3.63) is 159 Å². The minimum Gasteiger partial charge on any atom is -0.493 e. The van der Waals surface area contributed by atoms with Crippen molar-refractivity contribution >= 4 is 93.7 Å². The van der Waals surface area contributed by atoms with E-state index in [1.54, 1.807) is 107 Å². The number of hydrogen-bond donors (Lipinski definition) is 1. The van der Waals surface area contributed by atoms with Crippen LogP contribution < -0.4 is 13.1 Å². The Hall–Kier alpha value is -8.83. The minimum atomic E-state index is -6.09. The van der Waals surface area contributed by atoms with Gasteiger partial charge in [0, 0.05) is 62.2 Å². The van der Waals surface area contributed by atoms with E-state index in [1.807, 2.05) is 18.2 Å². The third-order valence-electron chi connectivity index (χ3n) is 15.0. The van der Waals surface area contributed by atoms with Gasteiger partial charge in [-0.15, -0.1) is 0 Å². The molecule has 0 aliphatic carbocycles. The van der Waals surface area contributed by atoms with E-state index in [0.717, 1.165) is 23.1 Å². The summed E-state index contributed by atoms with van der Waals surface area (Å²) in [7, 11) is -12.1. The summed E-state index contributed by atoms with van der Waals surface area (Å²) < 4.78 is 196. The predicted molar refractivity (Wildman–Crippen MR) is 359 cm³/mol. The standard InChI is InChI=1S/C29H27F2NO4.C22H25F3O6S.C21H23F3O7S/c1-15-13-18-14-17(27(30)31)5-6-19(18)24(22(15)26(28(33)34)36-29(2,3)4)20-7-8-21-23-16(10-12-35-21)9-11-32-25(20)23;1-7-14-9-10-16-15(12-14)11-13(3)17(18(16)31-32(27,28)22(23,24)25)19(20(26)29-8-2)30-21(4,5)6;1-6-29-19(26)18(30-20(3,4)5)16-12(2)9-14-10-13(11-25)7-8-15(14)17(16)31-32(27,28)21(22,23)24/h5-9,11,13-14,26-27H,10,12H2,1-4H3,(H,33,34);7,9-12,19H,1,8H2,2-6H3;7-11,18H,6H2,1-5H3/t26-;19-;18-/m000/s1. The Morgan fingerprint density at radius 2 is 1.04 bits per heavy atom. The Labute approximate surface area is 572 Å². The van der Waals surface area contributed by atoms with Crippen LogP contribution in [-0.4, -0.2) is 98.8 Å². The van der Waals surface area contributed by atoms with Gasteiger partial charge in [-0.05, 0) is 200 Å². The van der Waals surface area contributed by atoms with Crippen LogP contribution in [-0.2, 0) is 64.7 Å². The molecule has 0 unspecified atom stereocenters. The second-order valence-electron chi connectivity index (χ2n) is 26.0. The number of aliphatic carboxylic acids is 1. The zero-order valence-corrected chi connectivity index (χ0v) is 58.6. The summed E-state index contributed by atoms with van der Waals surface area (Å²) in [5, 5.41) is 13.0. The maximum Gasteiger partial charge on any atom is 0.534 e. The first kappa shape index (κ1) is 78.5. The second kappa shape index (κ2) is 30.2. The molecule has 1 aromatic heterocycles. The number of hydrogen-bond acceptors (Lipinski definition) is 17. The molecule has 0 fully saturated rings. The van der Waals surface area contributed by atoms with Crippen molar-refractivity contribution in [2.45, 2.75) is 156 Å². The van der Waals surface area contributed by atoms with Gasteiger partial charge >= 0.3 is 49.2 Å². The molecule has 538 valence electrons. The normalized spacial score (nSPS) is 13.9. The Kier molecular flexibility index (Phi) is 23.7. The van der Waals surface area contributed by atoms with Crippen LogP contribution in [0.4, 0.5) is 35.1 Å². The maximum atomic E-state index is 13.5. The minimum absolute atomic E-state index is 0.0187. The van der Waals surface area contributed by atoms with Crippen molar-refractivity contribution in [2.24, 2.45) is 0 Å². The second-order valence-corrected chi connectivity index (χ2v) is 29.0. The molecule has 1 N–H and O–H groups in total. The smallest absolute Gasteiger partial charge is 0.493 e. The zero-order valence-electron chi connectivity index (χ0n) is 57.0. The summed E-state index contributed by atoms with van der Waals surface area (Å²) in [6.07, 6.45) is -2.47. The van der Waals surface area contributed by atoms with E-state index in [-0.39, 0.29) is 62.8 Å². The number of carboxylic acids is 1. The molecule has 0 saturated heterocycles. The lowest BCUT2D eigenvalue weighted by Gasteiger charge is -2.29. The number of rotatable bonds is 19. The van der Waals surface area contributed by atoms with E-state index in [9.17, 15) is 76.2 Å². The molecule has 18 nitrogen and oxygen atoms in total. The van der Waals surface area contributed by atoms with Gasteiger partial charge in [0.25, 0.3) is 6.43 Å². The number of pyridine rings is 1. The number of fused-ring (bicyclic) bond motifs is 3. The van der Waals surface area contributed by atoms with Crippen molar-refractivity contribution in [1.82, 2.24) is 4.98 Å². The first-order valence-corrected chi connectivity index (χ1v) is 33.8. The number of ether oxygens (including phenoxy) is 6. The largest absolute Gasteiger partial charge is 0.534 e. The highest BCUT2D eigenvalue weighted by atomic mass is 32.2. The van der Waals surface area contributed by atoms with E-state index in [2.05, 4.69) is 19.9 Å². The lowest BCUT2D eigenvalue weighted by atomic mass is 9.85. The first-order chi connectivity index (χ1) is 46.3. The molecule has 9 rings (SSSR count). The Bertz CT molecular complexity index is 4520. The fraction of sp³-hybridized carbons (Fsp3) is 0.375. The summed E-state index contributed by atoms with van der Waals surface area (Å²) >= 11 is 0. The van der Waals surface area contributed by atoms with Crippen LogP contribution in [0.2, 0.25) is 0 Å². The summed E-state index contributed by atoms with van der Waals surface area (Å²) in [5.74, 6) is -3.59. The van der Waals surface area contributed by atoms with Gasteiger partial charge in [-0.1, -0.05) is 55.1 Å². The third-order valence-corrected chi connectivity index (χ3v) is 16.9. The lowest BCUT2D eigenvalue weighted by Crippen LogP contribution is -2.31. The number of aromatic nitrogens is 1. The summed E-state index contributed by atoms with van der Waals surface area (Å²) in [6, 6.07) is 23.4. The Morgan fingerprint density at radius 3 is 1.47 bits per heavy atom. The number of benzene rings is 7. The highest BCUT2D eigenvalue weighted by Gasteiger charge is 2.51. The van der Waals surface area contributed by atoms with Crippen LogP contribution in [0.3, 0.4) is 0 Å². The molecule has 0 saturated carbocycles. The number of carbonyl (C=O) groups excluding carboxylic acids is 3. The SMILES string of the molecule is C=Cc1ccc2c(OS(=O)(=O)C(F)(F)F)c([C@H](OC(C)(C)C)C(=O)OCC)c(C)cc2c1.CCOC(=O)[C@@H](OC(C)(C)C)c1c(C)cc2cc(C=O)ccc2c1OS(=O)(=O)C(F)(F)F.Cc1cc2cc(C(F)F)ccc2c(-c2ccc3c4c(ccnc24)CCO3)c1[C@H](OC(C)(C)C)C(=O)O. The Balaban J connectivity index is 0.000000211. The van der Waals surface area contributed by atoms with E-state index in [4.69, 9.17) is 28.4 Å². The zero-order chi connectivity index (χ0) is 74.7. The number of carbonyl (C=O) groups is 4. The van der Waals surface area contributed by atoms with Crippen LogP contribution in [0.5, 0.6) is 17.2 Å². The Morgan fingerprint density at radius 1 is 0.600 bits per heavy atom. The molecule has 8 aromatic rings. The van der Waals surface area contributed by atoms with E-state index < -0.39 is 102 Å². The molecular weight excluding hydrogens is 1370 g/mol. The number of halogens is 8. The van der Waals surface area contributed by atoms with E-state index >= 15 is 0 Å². The van der Waals surface area contributed by atoms with Crippen molar-refractivity contribution in [3.8, 4) is 28.4 Å². The number of esters is 2. The van der Waals surface area contributed by atoms with E-state index in [0.29, 0.717) is 62.4 Å². The predicted octanol–water partition coefficient (Wildman–Crippen LogP) is 17.2. The molecule has 3 atom stereocenters. The van der Waals surface area contributed by atoms with Crippen LogP contribution in [0.25, 0.3) is 60.4 Å². The topological polar surface area (TPSA) is 244 Å². The van der Waals surface area contributed by atoms with Gasteiger partial charge in [0.2, 0.25) is 0 Å². The average molecular weight is 1440 g/mol. The molecule has 0 amide bonds. The molecule has 0 bridgehead atoms. The van der Waals surface area contributed by atoms with E-state index in [1.165, 1.54) is 75.4 Å². The monoisotopic (exact) mass is 1440 g/mol. The van der Waals surface area contributed by atoms with Gasteiger partial charge < -0.3 is 41.9 Å². The van der Waals surface area contributed by atoms with Crippen LogP contribution in [0, 0.1) is 20.8 Å². The number of carboxylic acid groups (broad SMARTS) is 1. The van der Waals surface area contributed by atoms with Crippen LogP contribution in [0.1, 0.15) is 161 Å². The quantitative estimate of drug-likeness (QED) is 0.0260. The van der Waals surface area contributed by atoms with Gasteiger partial charge in [0.05, 0.1) is 42.1 Å². The molecule has 100 heavy (non-hydrogen) atoms. The number of nitrogens with zero attached hydrogens (tertiary/aromatic N) is 1. The molecule has 0 radical (unpaired) electrons. The van der Waals surface area contributed by atoms with Gasteiger partial charge in [-0.3, -0.25) is 9.78 Å². The van der Waals surface area contributed by atoms with Gasteiger partial charge in [0.1, 0.15) is 12.0 Å². The number of aryl methyl sites for hydroxylation is 3. The molecule has 0 spiro atoms. The van der Waals surface area contributed by atoms with Gasteiger partial charge in [0.15, 0.2) is 29.8 Å². The molecule has 2 heterocycles. The van der Waals surface area contributed by atoms with Crippen molar-refractivity contribution < 1.29 is 113 Å². The molecule has 7 aromatic carbocycles. The highest BCUT2D eigenvalue weighted by molar-refractivity contribution is 7.88. The maximum absolute atomic E-state index is 13.5. The van der Waals surface area contributed by atoms with Gasteiger partial charge in [-0.25, -0.2) is 23.2 Å². The fourth-order valence-corrected chi connectivity index (χ4v) is 12.0. The molecule has 1 aliphatic heterocycles. The van der Waals surface area contributed by atoms with Crippen LogP contribution >= 0.6 is 0 Å². The van der Waals surface area contributed by atoms with Crippen molar-refractivity contribution in [1.29, 1.82) is 0 Å².